The first-order valence-electron chi connectivity index (χ1n) is 10.1. The molecule has 4 rings (SSSR count). The minimum Gasteiger partial charge on any atom is -0.352 e. The number of amides is 1. The van der Waals surface area contributed by atoms with Crippen molar-refractivity contribution in [3.63, 3.8) is 0 Å². The SMILES string of the molecule is Cc1ccc(Nc2ccc(N3CCN(C(=O)c4ccccc4SC(F)F)CC3)nn2)nc1. The number of hydrogen-bond acceptors (Lipinski definition) is 7. The van der Waals surface area contributed by atoms with Gasteiger partial charge in [-0.1, -0.05) is 30.0 Å². The number of halogens is 2. The van der Waals surface area contributed by atoms with Gasteiger partial charge >= 0.3 is 0 Å². The number of nitrogens with zero attached hydrogens (tertiary/aromatic N) is 5. The average Bonchev–Trinajstić information content (AvgIpc) is 2.81. The van der Waals surface area contributed by atoms with E-state index in [0.717, 1.165) is 5.56 Å². The van der Waals surface area contributed by atoms with Crippen molar-refractivity contribution in [2.45, 2.75) is 17.6 Å². The third-order valence-electron chi connectivity index (χ3n) is 5.04. The van der Waals surface area contributed by atoms with E-state index in [1.807, 2.05) is 36.1 Å². The molecule has 3 heterocycles. The summed E-state index contributed by atoms with van der Waals surface area (Å²) < 4.78 is 25.6. The van der Waals surface area contributed by atoms with Crippen LogP contribution in [-0.4, -0.2) is 57.9 Å². The Bertz CT molecular complexity index is 1060. The van der Waals surface area contributed by atoms with E-state index in [0.29, 0.717) is 65.9 Å². The summed E-state index contributed by atoms with van der Waals surface area (Å²) in [6, 6.07) is 14.0. The summed E-state index contributed by atoms with van der Waals surface area (Å²) in [5.41, 5.74) is 1.39. The Hall–Kier alpha value is -3.27. The van der Waals surface area contributed by atoms with Crippen molar-refractivity contribution >= 4 is 35.1 Å². The number of aromatic nitrogens is 3. The summed E-state index contributed by atoms with van der Waals surface area (Å²) in [6.45, 7) is 4.08. The van der Waals surface area contributed by atoms with E-state index in [1.54, 1.807) is 35.4 Å². The summed E-state index contributed by atoms with van der Waals surface area (Å²) in [4.78, 5) is 21.2. The molecule has 1 fully saturated rings. The number of alkyl halides is 2. The number of benzene rings is 1. The molecular formula is C22H22F2N6OS. The molecule has 0 spiro atoms. The van der Waals surface area contributed by atoms with Gasteiger partial charge in [-0.3, -0.25) is 4.79 Å². The summed E-state index contributed by atoms with van der Waals surface area (Å²) in [6.07, 6.45) is 1.77. The smallest absolute Gasteiger partial charge is 0.288 e. The molecule has 166 valence electrons. The molecule has 7 nitrogen and oxygen atoms in total. The van der Waals surface area contributed by atoms with Gasteiger partial charge in [-0.2, -0.15) is 8.78 Å². The molecule has 0 unspecified atom stereocenters. The fourth-order valence-corrected chi connectivity index (χ4v) is 4.02. The Morgan fingerprint density at radius 3 is 2.41 bits per heavy atom. The summed E-state index contributed by atoms with van der Waals surface area (Å²) in [7, 11) is 0. The predicted molar refractivity (Wildman–Crippen MR) is 121 cm³/mol. The summed E-state index contributed by atoms with van der Waals surface area (Å²) >= 11 is 0.397. The van der Waals surface area contributed by atoms with E-state index in [-0.39, 0.29) is 5.91 Å². The first kappa shape index (κ1) is 21.9. The molecule has 3 aromatic rings. The van der Waals surface area contributed by atoms with Crippen LogP contribution in [0.5, 0.6) is 0 Å². The largest absolute Gasteiger partial charge is 0.352 e. The van der Waals surface area contributed by atoms with Gasteiger partial charge in [-0.25, -0.2) is 4.98 Å². The normalized spacial score (nSPS) is 14.0. The van der Waals surface area contributed by atoms with Crippen molar-refractivity contribution < 1.29 is 13.6 Å². The predicted octanol–water partition coefficient (Wildman–Crippen LogP) is 4.20. The van der Waals surface area contributed by atoms with Crippen molar-refractivity contribution in [3.8, 4) is 0 Å². The maximum absolute atomic E-state index is 12.9. The van der Waals surface area contributed by atoms with Crippen LogP contribution in [0.3, 0.4) is 0 Å². The second-order valence-corrected chi connectivity index (χ2v) is 8.31. The van der Waals surface area contributed by atoms with Crippen LogP contribution in [0.2, 0.25) is 0 Å². The number of anilines is 3. The summed E-state index contributed by atoms with van der Waals surface area (Å²) in [5, 5.41) is 11.6. The highest BCUT2D eigenvalue weighted by Crippen LogP contribution is 2.29. The average molecular weight is 457 g/mol. The van der Waals surface area contributed by atoms with Crippen LogP contribution in [-0.2, 0) is 0 Å². The van der Waals surface area contributed by atoms with Crippen LogP contribution in [0.1, 0.15) is 15.9 Å². The molecule has 1 aromatic carbocycles. The molecule has 1 aliphatic rings. The van der Waals surface area contributed by atoms with E-state index in [2.05, 4.69) is 20.5 Å². The van der Waals surface area contributed by atoms with Gasteiger partial charge in [0, 0.05) is 37.3 Å². The molecule has 1 aliphatic heterocycles. The second kappa shape index (κ2) is 9.90. The Kier molecular flexibility index (Phi) is 6.79. The number of thioether (sulfide) groups is 1. The fraction of sp³-hybridized carbons (Fsp3) is 0.273. The monoisotopic (exact) mass is 456 g/mol. The Morgan fingerprint density at radius 2 is 1.75 bits per heavy atom. The van der Waals surface area contributed by atoms with E-state index in [1.165, 1.54) is 0 Å². The third kappa shape index (κ3) is 5.31. The minimum absolute atomic E-state index is 0.232. The van der Waals surface area contributed by atoms with E-state index >= 15 is 0 Å². The van der Waals surface area contributed by atoms with Crippen LogP contribution < -0.4 is 10.2 Å². The first-order valence-corrected chi connectivity index (χ1v) is 11.0. The van der Waals surface area contributed by atoms with E-state index in [9.17, 15) is 13.6 Å². The Morgan fingerprint density at radius 1 is 1.00 bits per heavy atom. The van der Waals surface area contributed by atoms with E-state index < -0.39 is 5.76 Å². The topological polar surface area (TPSA) is 74.2 Å². The second-order valence-electron chi connectivity index (χ2n) is 7.28. The molecule has 0 atom stereocenters. The van der Waals surface area contributed by atoms with Crippen molar-refractivity contribution in [2.24, 2.45) is 0 Å². The quantitative estimate of drug-likeness (QED) is 0.557. The van der Waals surface area contributed by atoms with Gasteiger partial charge in [-0.15, -0.1) is 10.2 Å². The van der Waals surface area contributed by atoms with Gasteiger partial charge in [0.25, 0.3) is 11.7 Å². The third-order valence-corrected chi connectivity index (χ3v) is 5.83. The highest BCUT2D eigenvalue weighted by molar-refractivity contribution is 7.99. The van der Waals surface area contributed by atoms with Crippen LogP contribution in [0, 0.1) is 6.92 Å². The first-order chi connectivity index (χ1) is 15.5. The maximum atomic E-state index is 12.9. The lowest BCUT2D eigenvalue weighted by Crippen LogP contribution is -2.49. The molecule has 1 amide bonds. The lowest BCUT2D eigenvalue weighted by atomic mass is 10.2. The molecule has 0 bridgehead atoms. The minimum atomic E-state index is -2.57. The number of piperazine rings is 1. The molecular weight excluding hydrogens is 434 g/mol. The van der Waals surface area contributed by atoms with Crippen molar-refractivity contribution in [1.29, 1.82) is 0 Å². The van der Waals surface area contributed by atoms with E-state index in [4.69, 9.17) is 0 Å². The van der Waals surface area contributed by atoms with Crippen molar-refractivity contribution in [3.05, 3.63) is 65.9 Å². The Balaban J connectivity index is 1.35. The molecule has 1 saturated heterocycles. The number of hydrogen-bond donors (Lipinski definition) is 1. The van der Waals surface area contributed by atoms with Gasteiger partial charge in [0.2, 0.25) is 0 Å². The fourth-order valence-electron chi connectivity index (χ4n) is 3.38. The number of pyridine rings is 1. The van der Waals surface area contributed by atoms with Crippen LogP contribution in [0.15, 0.2) is 59.6 Å². The lowest BCUT2D eigenvalue weighted by molar-refractivity contribution is 0.0743. The zero-order valence-corrected chi connectivity index (χ0v) is 18.2. The van der Waals surface area contributed by atoms with Gasteiger partial charge in [-0.05, 0) is 42.8 Å². The Labute approximate surface area is 188 Å². The van der Waals surface area contributed by atoms with Gasteiger partial charge in [0.05, 0.1) is 5.56 Å². The number of carbonyl (C=O) groups is 1. The molecule has 0 aliphatic carbocycles. The molecule has 1 N–H and O–H groups in total. The molecule has 2 aromatic heterocycles. The molecule has 0 saturated carbocycles. The van der Waals surface area contributed by atoms with Crippen LogP contribution >= 0.6 is 11.8 Å². The highest BCUT2D eigenvalue weighted by Gasteiger charge is 2.25. The zero-order valence-electron chi connectivity index (χ0n) is 17.4. The van der Waals surface area contributed by atoms with Gasteiger partial charge in [0.1, 0.15) is 5.82 Å². The van der Waals surface area contributed by atoms with Gasteiger partial charge in [0.15, 0.2) is 11.6 Å². The number of carbonyl (C=O) groups excluding carboxylic acids is 1. The summed E-state index contributed by atoms with van der Waals surface area (Å²) in [5.74, 6) is -0.807. The van der Waals surface area contributed by atoms with Crippen LogP contribution in [0.4, 0.5) is 26.2 Å². The molecule has 10 heteroatoms. The van der Waals surface area contributed by atoms with Crippen LogP contribution in [0.25, 0.3) is 0 Å². The molecule has 32 heavy (non-hydrogen) atoms. The molecule has 0 radical (unpaired) electrons. The maximum Gasteiger partial charge on any atom is 0.288 e. The van der Waals surface area contributed by atoms with Crippen molar-refractivity contribution in [2.75, 3.05) is 36.4 Å². The number of rotatable bonds is 6. The standard InChI is InChI=1S/C22H22F2N6OS/c1-15-6-7-18(25-14-15)26-19-8-9-20(28-27-19)29-10-12-30(13-11-29)21(31)16-4-2-3-5-17(16)32-22(23)24/h2-9,14,22H,10-13H2,1H3,(H,25,26,27). The highest BCUT2D eigenvalue weighted by atomic mass is 32.2. The van der Waals surface area contributed by atoms with Crippen molar-refractivity contribution in [1.82, 2.24) is 20.1 Å². The van der Waals surface area contributed by atoms with Gasteiger partial charge < -0.3 is 15.1 Å². The lowest BCUT2D eigenvalue weighted by Gasteiger charge is -2.35. The number of nitrogens with one attached hydrogen (secondary N) is 1. The zero-order chi connectivity index (χ0) is 22.5. The number of aryl methyl sites for hydroxylation is 1.